The number of sulfonamides is 1. The van der Waals surface area contributed by atoms with E-state index in [0.717, 1.165) is 87.9 Å². The van der Waals surface area contributed by atoms with Gasteiger partial charge in [-0.2, -0.15) is 0 Å². The number of aromatic nitrogens is 2. The van der Waals surface area contributed by atoms with Crippen LogP contribution in [0.3, 0.4) is 0 Å². The molecule has 5 aliphatic rings. The van der Waals surface area contributed by atoms with Crippen LogP contribution in [0.2, 0.25) is 5.02 Å². The topological polar surface area (TPSA) is 117 Å². The minimum Gasteiger partial charge on any atom is -0.490 e. The summed E-state index contributed by atoms with van der Waals surface area (Å²) in [4.78, 5) is 29.7. The van der Waals surface area contributed by atoms with Crippen LogP contribution < -0.4 is 19.3 Å². The largest absolute Gasteiger partial charge is 0.490 e. The zero-order chi connectivity index (χ0) is 38.4. The standard InChI is InChI=1S/C42H53ClN6O5S/c1-29-6-4-15-42(53-3,27-47-18-20-48(21-19-47)39-24-44-16-17-45-39)36-11-8-33(36)25-49-26-41(14-5-7-31-22-34(43)10-12-35(31)41)28-54-38-13-9-32(23-37(38)49)40(50)46-55(51,52)30(29)2/h4,9-10,12-13,15-17,22-24,29-30,33,36H,5-8,11,14,18-21,25-28H2,1-3H3,(H,46,50)/b15-4+/t29-,30+,33-,36+,41-,42+/m0/s1. The molecule has 1 amide bonds. The molecule has 8 rings (SSSR count). The van der Waals surface area contributed by atoms with Crippen LogP contribution in [-0.4, -0.2) is 99.6 Å². The number of nitrogens with one attached hydrogen (secondary N) is 1. The van der Waals surface area contributed by atoms with E-state index in [1.54, 1.807) is 25.4 Å². The predicted molar refractivity (Wildman–Crippen MR) is 216 cm³/mol. The molecule has 1 saturated heterocycles. The number of allylic oxidation sites excluding steroid dienone is 1. The normalized spacial score (nSPS) is 31.6. The van der Waals surface area contributed by atoms with Crippen molar-refractivity contribution in [2.75, 3.05) is 69.3 Å². The van der Waals surface area contributed by atoms with Crippen LogP contribution in [0, 0.1) is 17.8 Å². The third kappa shape index (κ3) is 7.47. The lowest BCUT2D eigenvalue weighted by atomic mass is 9.63. The quantitative estimate of drug-likeness (QED) is 0.322. The fraction of sp³-hybridized carbons (Fsp3) is 0.548. The monoisotopic (exact) mass is 788 g/mol. The molecule has 13 heteroatoms. The maximum absolute atomic E-state index is 13.7. The van der Waals surface area contributed by atoms with E-state index in [0.29, 0.717) is 36.8 Å². The Labute approximate surface area is 330 Å². The van der Waals surface area contributed by atoms with E-state index < -0.39 is 26.8 Å². The Morgan fingerprint density at radius 3 is 2.64 bits per heavy atom. The molecule has 2 aliphatic carbocycles. The second-order valence-corrected chi connectivity index (χ2v) is 19.0. The van der Waals surface area contributed by atoms with Crippen LogP contribution in [-0.2, 0) is 26.6 Å². The Kier molecular flexibility index (Phi) is 10.6. The van der Waals surface area contributed by atoms with Gasteiger partial charge in [-0.3, -0.25) is 14.7 Å². The van der Waals surface area contributed by atoms with Crippen molar-refractivity contribution in [1.82, 2.24) is 19.6 Å². The van der Waals surface area contributed by atoms with E-state index in [4.69, 9.17) is 21.1 Å². The number of nitrogens with zero attached hydrogens (tertiary/aromatic N) is 5. The van der Waals surface area contributed by atoms with Gasteiger partial charge in [-0.1, -0.05) is 36.7 Å². The number of piperazine rings is 1. The summed E-state index contributed by atoms with van der Waals surface area (Å²) in [5, 5.41) is -0.0543. The second kappa shape index (κ2) is 15.3. The third-order valence-electron chi connectivity index (χ3n) is 13.3. The number of anilines is 2. The van der Waals surface area contributed by atoms with Crippen LogP contribution in [0.5, 0.6) is 5.75 Å². The molecule has 55 heavy (non-hydrogen) atoms. The molecule has 2 fully saturated rings. The Balaban J connectivity index is 1.16. The van der Waals surface area contributed by atoms with Crippen molar-refractivity contribution in [3.63, 3.8) is 0 Å². The van der Waals surface area contributed by atoms with Gasteiger partial charge in [-0.05, 0) is 105 Å². The van der Waals surface area contributed by atoms with Gasteiger partial charge in [0.15, 0.2) is 0 Å². The molecular weight excluding hydrogens is 736 g/mol. The molecule has 0 unspecified atom stereocenters. The van der Waals surface area contributed by atoms with E-state index in [1.165, 1.54) is 11.1 Å². The molecule has 11 nitrogen and oxygen atoms in total. The van der Waals surface area contributed by atoms with Gasteiger partial charge in [0, 0.05) is 81.3 Å². The van der Waals surface area contributed by atoms with Gasteiger partial charge in [0.05, 0.1) is 23.7 Å². The van der Waals surface area contributed by atoms with Crippen molar-refractivity contribution in [2.45, 2.75) is 68.6 Å². The van der Waals surface area contributed by atoms with E-state index in [1.807, 2.05) is 38.4 Å². The van der Waals surface area contributed by atoms with Crippen LogP contribution in [0.25, 0.3) is 0 Å². The number of carbonyl (C=O) groups excluding carboxylic acids is 1. The number of ether oxygens (including phenoxy) is 2. The summed E-state index contributed by atoms with van der Waals surface area (Å²) >= 11 is 6.51. The molecule has 2 aromatic carbocycles. The summed E-state index contributed by atoms with van der Waals surface area (Å²) in [6.07, 6.45) is 15.2. The Morgan fingerprint density at radius 2 is 1.89 bits per heavy atom. The number of aryl methyl sites for hydroxylation is 1. The molecule has 3 aliphatic heterocycles. The third-order valence-corrected chi connectivity index (χ3v) is 15.5. The molecule has 294 valence electrons. The SMILES string of the molecule is CO[C@@]1(CN2CCN(c3cnccn3)CC2)/C=C/C[C@H](C)[C@@H](C)S(=O)(=O)NC(=O)c2ccc3c(c2)N(C[C@@H]2CC[C@H]21)C[C@@]1(CCCc2cc(Cl)ccc21)CO3. The first-order chi connectivity index (χ1) is 26.5. The maximum atomic E-state index is 13.7. The summed E-state index contributed by atoms with van der Waals surface area (Å²) in [5.41, 5.74) is 2.79. The number of amides is 1. The van der Waals surface area contributed by atoms with Gasteiger partial charge in [0.2, 0.25) is 10.0 Å². The number of fused-ring (bicyclic) bond motifs is 4. The maximum Gasteiger partial charge on any atom is 0.264 e. The van der Waals surface area contributed by atoms with Gasteiger partial charge in [0.1, 0.15) is 17.2 Å². The molecule has 2 bridgehead atoms. The molecule has 1 N–H and O–H groups in total. The molecule has 3 aromatic rings. The number of hydrogen-bond donors (Lipinski definition) is 1. The summed E-state index contributed by atoms with van der Waals surface area (Å²) in [7, 11) is -2.14. The number of hydrogen-bond acceptors (Lipinski definition) is 10. The minimum absolute atomic E-state index is 0.226. The smallest absolute Gasteiger partial charge is 0.264 e. The van der Waals surface area contributed by atoms with E-state index in [-0.39, 0.29) is 17.3 Å². The van der Waals surface area contributed by atoms with Gasteiger partial charge < -0.3 is 19.3 Å². The van der Waals surface area contributed by atoms with Crippen LogP contribution >= 0.6 is 11.6 Å². The average molecular weight is 789 g/mol. The van der Waals surface area contributed by atoms with Crippen molar-refractivity contribution < 1.29 is 22.7 Å². The highest BCUT2D eigenvalue weighted by atomic mass is 35.5. The van der Waals surface area contributed by atoms with Crippen LogP contribution in [0.4, 0.5) is 11.5 Å². The first-order valence-electron chi connectivity index (χ1n) is 19.8. The van der Waals surface area contributed by atoms with E-state index >= 15 is 0 Å². The summed E-state index contributed by atoms with van der Waals surface area (Å²) in [6.45, 7) is 9.72. The molecule has 6 atom stereocenters. The number of benzene rings is 2. The predicted octanol–water partition coefficient (Wildman–Crippen LogP) is 5.88. The van der Waals surface area contributed by atoms with Crippen molar-refractivity contribution in [3.8, 4) is 5.75 Å². The Bertz CT molecular complexity index is 2030. The highest BCUT2D eigenvalue weighted by Gasteiger charge is 2.50. The molecule has 1 saturated carbocycles. The summed E-state index contributed by atoms with van der Waals surface area (Å²) < 4.78 is 43.1. The number of methoxy groups -OCH3 is 1. The molecule has 1 spiro atoms. The number of halogens is 1. The second-order valence-electron chi connectivity index (χ2n) is 16.5. The van der Waals surface area contributed by atoms with Gasteiger partial charge >= 0.3 is 0 Å². The van der Waals surface area contributed by atoms with Crippen molar-refractivity contribution >= 4 is 39.0 Å². The highest BCUT2D eigenvalue weighted by molar-refractivity contribution is 7.90. The lowest BCUT2D eigenvalue weighted by Gasteiger charge is -2.52. The van der Waals surface area contributed by atoms with Crippen LogP contribution in [0.1, 0.15) is 67.4 Å². The lowest BCUT2D eigenvalue weighted by Crippen LogP contribution is -2.59. The molecule has 0 radical (unpaired) electrons. The number of carbonyl (C=O) groups is 1. The fourth-order valence-electron chi connectivity index (χ4n) is 9.75. The fourth-order valence-corrected chi connectivity index (χ4v) is 11.2. The summed E-state index contributed by atoms with van der Waals surface area (Å²) in [5.74, 6) is 1.27. The van der Waals surface area contributed by atoms with Gasteiger partial charge in [-0.15, -0.1) is 0 Å². The van der Waals surface area contributed by atoms with Gasteiger partial charge in [-0.25, -0.2) is 18.1 Å². The molecule has 1 aromatic heterocycles. The minimum atomic E-state index is -3.97. The Morgan fingerprint density at radius 1 is 1.05 bits per heavy atom. The molecule has 4 heterocycles. The Hall–Kier alpha value is -3.71. The molecular formula is C42H53ClN6O5S. The van der Waals surface area contributed by atoms with Crippen molar-refractivity contribution in [3.05, 3.63) is 88.9 Å². The van der Waals surface area contributed by atoms with Crippen molar-refractivity contribution in [2.24, 2.45) is 17.8 Å². The zero-order valence-electron chi connectivity index (χ0n) is 32.1. The summed E-state index contributed by atoms with van der Waals surface area (Å²) in [6, 6.07) is 11.6. The zero-order valence-corrected chi connectivity index (χ0v) is 33.7. The van der Waals surface area contributed by atoms with Crippen molar-refractivity contribution in [1.29, 1.82) is 0 Å². The van der Waals surface area contributed by atoms with Crippen LogP contribution in [0.15, 0.2) is 67.1 Å². The average Bonchev–Trinajstić information content (AvgIpc) is 3.32. The van der Waals surface area contributed by atoms with E-state index in [9.17, 15) is 13.2 Å². The van der Waals surface area contributed by atoms with E-state index in [2.05, 4.69) is 53.7 Å². The highest BCUT2D eigenvalue weighted by Crippen LogP contribution is 2.49. The lowest BCUT2D eigenvalue weighted by molar-refractivity contribution is -0.0920. The van der Waals surface area contributed by atoms with Gasteiger partial charge in [0.25, 0.3) is 5.91 Å². The first-order valence-corrected chi connectivity index (χ1v) is 21.7. The first kappa shape index (κ1) is 38.2. The number of rotatable bonds is 4.